The van der Waals surface area contributed by atoms with Crippen LogP contribution in [0.4, 0.5) is 5.69 Å². The lowest BCUT2D eigenvalue weighted by atomic mass is 10.3. The summed E-state index contributed by atoms with van der Waals surface area (Å²) in [6.07, 6.45) is 1.40. The topological polar surface area (TPSA) is 89.9 Å². The summed E-state index contributed by atoms with van der Waals surface area (Å²) in [5.41, 5.74) is 0.358. The molecule has 0 unspecified atom stereocenters. The molecule has 0 aliphatic carbocycles. The number of fused-ring (bicyclic) bond motifs is 1. The van der Waals surface area contributed by atoms with Crippen LogP contribution in [0.15, 0.2) is 28.3 Å². The van der Waals surface area contributed by atoms with E-state index in [0.717, 1.165) is 0 Å². The van der Waals surface area contributed by atoms with Gasteiger partial charge in [0.1, 0.15) is 0 Å². The molecule has 0 bridgehead atoms. The van der Waals surface area contributed by atoms with Crippen LogP contribution in [-0.4, -0.2) is 44.6 Å². The molecule has 1 N–H and O–H groups in total. The predicted octanol–water partition coefficient (Wildman–Crippen LogP) is 1.03. The van der Waals surface area contributed by atoms with E-state index >= 15 is 0 Å². The zero-order valence-corrected chi connectivity index (χ0v) is 12.6. The number of hydrogen-bond donors (Lipinski definition) is 1. The Labute approximate surface area is 117 Å². The zero-order valence-electron chi connectivity index (χ0n) is 11.7. The van der Waals surface area contributed by atoms with Crippen LogP contribution < -0.4 is 5.32 Å². The molecule has 0 amide bonds. The van der Waals surface area contributed by atoms with Crippen LogP contribution in [0.25, 0.3) is 0 Å². The number of sulfone groups is 1. The smallest absolute Gasteiger partial charge is 0.336 e. The van der Waals surface area contributed by atoms with E-state index in [1.165, 1.54) is 20.4 Å². The van der Waals surface area contributed by atoms with Crippen molar-refractivity contribution >= 4 is 21.4 Å². The summed E-state index contributed by atoms with van der Waals surface area (Å²) >= 11 is 0. The fourth-order valence-electron chi connectivity index (χ4n) is 2.02. The SMILES string of the molecule is COC1(OC)C(=NC(C)C)Nc2cccnc2S1(=O)=O. The van der Waals surface area contributed by atoms with E-state index in [1.54, 1.807) is 12.1 Å². The highest BCUT2D eigenvalue weighted by Gasteiger charge is 2.56. The molecule has 0 fully saturated rings. The molecule has 1 aromatic rings. The van der Waals surface area contributed by atoms with Gasteiger partial charge in [-0.2, -0.15) is 0 Å². The van der Waals surface area contributed by atoms with Gasteiger partial charge in [-0.05, 0) is 26.0 Å². The summed E-state index contributed by atoms with van der Waals surface area (Å²) in [6.45, 7) is 3.66. The van der Waals surface area contributed by atoms with E-state index in [2.05, 4.69) is 15.3 Å². The van der Waals surface area contributed by atoms with Crippen molar-refractivity contribution in [3.8, 4) is 0 Å². The maximum absolute atomic E-state index is 12.7. The maximum Gasteiger partial charge on any atom is 0.340 e. The van der Waals surface area contributed by atoms with Crippen LogP contribution in [0.5, 0.6) is 0 Å². The number of nitrogens with one attached hydrogen (secondary N) is 1. The Hall–Kier alpha value is -1.51. The van der Waals surface area contributed by atoms with E-state index in [0.29, 0.717) is 5.69 Å². The zero-order chi connectivity index (χ0) is 15.0. The summed E-state index contributed by atoms with van der Waals surface area (Å²) in [5.74, 6) is 0.0954. The second-order valence-electron chi connectivity index (χ2n) is 4.52. The Morgan fingerprint density at radius 1 is 1.35 bits per heavy atom. The van der Waals surface area contributed by atoms with Gasteiger partial charge < -0.3 is 14.8 Å². The van der Waals surface area contributed by atoms with Crippen molar-refractivity contribution < 1.29 is 17.9 Å². The Kier molecular flexibility index (Phi) is 3.81. The summed E-state index contributed by atoms with van der Waals surface area (Å²) in [4.78, 5) is 8.19. The Morgan fingerprint density at radius 3 is 2.55 bits per heavy atom. The molecule has 7 nitrogen and oxygen atoms in total. The number of ether oxygens (including phenoxy) is 2. The first-order chi connectivity index (χ1) is 9.39. The normalized spacial score (nSPS) is 21.6. The van der Waals surface area contributed by atoms with E-state index in [-0.39, 0.29) is 16.9 Å². The van der Waals surface area contributed by atoms with E-state index in [1.807, 2.05) is 13.8 Å². The number of nitrogens with zero attached hydrogens (tertiary/aromatic N) is 2. The van der Waals surface area contributed by atoms with Gasteiger partial charge in [0.2, 0.25) is 0 Å². The highest BCUT2D eigenvalue weighted by atomic mass is 32.2. The molecule has 2 rings (SSSR count). The van der Waals surface area contributed by atoms with Gasteiger partial charge in [-0.1, -0.05) is 0 Å². The van der Waals surface area contributed by atoms with Crippen LogP contribution in [0.3, 0.4) is 0 Å². The molecule has 2 heterocycles. The average molecular weight is 299 g/mol. The first-order valence-corrected chi connectivity index (χ1v) is 7.52. The second-order valence-corrected chi connectivity index (χ2v) is 6.45. The summed E-state index contributed by atoms with van der Waals surface area (Å²) in [6, 6.07) is 3.13. The van der Waals surface area contributed by atoms with Gasteiger partial charge in [-0.15, -0.1) is 0 Å². The van der Waals surface area contributed by atoms with Crippen molar-refractivity contribution in [3.63, 3.8) is 0 Å². The third-order valence-corrected chi connectivity index (χ3v) is 4.92. The minimum absolute atomic E-state index is 0.0954. The van der Waals surface area contributed by atoms with Gasteiger partial charge in [-0.25, -0.2) is 13.4 Å². The molecular formula is C12H17N3O4S. The van der Waals surface area contributed by atoms with E-state index in [4.69, 9.17) is 9.47 Å². The molecule has 0 saturated heterocycles. The number of amidine groups is 1. The third kappa shape index (κ3) is 2.00. The quantitative estimate of drug-likeness (QED) is 0.839. The third-order valence-electron chi connectivity index (χ3n) is 2.85. The largest absolute Gasteiger partial charge is 0.340 e. The number of aromatic nitrogens is 1. The van der Waals surface area contributed by atoms with Gasteiger partial charge in [0.25, 0.3) is 9.84 Å². The minimum Gasteiger partial charge on any atom is -0.336 e. The molecule has 0 spiro atoms. The molecular weight excluding hydrogens is 282 g/mol. The number of rotatable bonds is 3. The minimum atomic E-state index is -3.99. The number of anilines is 1. The molecule has 8 heteroatoms. The molecule has 20 heavy (non-hydrogen) atoms. The Morgan fingerprint density at radius 2 is 2.00 bits per heavy atom. The predicted molar refractivity (Wildman–Crippen MR) is 74.4 cm³/mol. The second kappa shape index (κ2) is 5.12. The number of hydrogen-bond acceptors (Lipinski definition) is 6. The monoisotopic (exact) mass is 299 g/mol. The Bertz CT molecular complexity index is 636. The van der Waals surface area contributed by atoms with Gasteiger partial charge in [-0.3, -0.25) is 4.99 Å². The summed E-state index contributed by atoms with van der Waals surface area (Å²) in [5, 5.41) is 0.815. The first kappa shape index (κ1) is 14.9. The fourth-order valence-corrected chi connectivity index (χ4v) is 3.68. The fraction of sp³-hybridized carbons (Fsp3) is 0.500. The lowest BCUT2D eigenvalue weighted by Crippen LogP contribution is -2.56. The van der Waals surface area contributed by atoms with E-state index in [9.17, 15) is 8.42 Å². The molecule has 1 aromatic heterocycles. The number of aliphatic imine (C=N–C) groups is 1. The standard InChI is InChI=1S/C12H17N3O4S/c1-8(2)14-11-12(18-3,19-4)20(16,17)10-9(15-11)6-5-7-13-10/h5-8H,1-4H3,(H,14,15). The first-order valence-electron chi connectivity index (χ1n) is 6.04. The van der Waals surface area contributed by atoms with Crippen LogP contribution in [0, 0.1) is 0 Å². The van der Waals surface area contributed by atoms with Crippen molar-refractivity contribution in [2.75, 3.05) is 19.5 Å². The van der Waals surface area contributed by atoms with Crippen LogP contribution >= 0.6 is 0 Å². The van der Waals surface area contributed by atoms with Crippen molar-refractivity contribution in [1.82, 2.24) is 4.98 Å². The van der Waals surface area contributed by atoms with Gasteiger partial charge in [0, 0.05) is 26.5 Å². The van der Waals surface area contributed by atoms with Crippen molar-refractivity contribution in [3.05, 3.63) is 18.3 Å². The van der Waals surface area contributed by atoms with Gasteiger partial charge in [0.05, 0.1) is 5.69 Å². The number of pyridine rings is 1. The average Bonchev–Trinajstić information content (AvgIpc) is 2.39. The maximum atomic E-state index is 12.7. The lowest BCUT2D eigenvalue weighted by Gasteiger charge is -2.35. The molecule has 1 aliphatic rings. The van der Waals surface area contributed by atoms with Crippen molar-refractivity contribution in [2.45, 2.75) is 30.0 Å². The van der Waals surface area contributed by atoms with Crippen LogP contribution in [-0.2, 0) is 19.3 Å². The van der Waals surface area contributed by atoms with Crippen molar-refractivity contribution in [1.29, 1.82) is 0 Å². The van der Waals surface area contributed by atoms with E-state index < -0.39 is 15.0 Å². The number of methoxy groups -OCH3 is 2. The summed E-state index contributed by atoms with van der Waals surface area (Å²) in [7, 11) is -1.48. The van der Waals surface area contributed by atoms with Crippen molar-refractivity contribution in [2.24, 2.45) is 4.99 Å². The van der Waals surface area contributed by atoms with Gasteiger partial charge in [0.15, 0.2) is 10.9 Å². The molecule has 0 saturated carbocycles. The molecule has 0 aromatic carbocycles. The van der Waals surface area contributed by atoms with Crippen LogP contribution in [0.1, 0.15) is 13.8 Å². The highest BCUT2D eigenvalue weighted by Crippen LogP contribution is 2.37. The lowest BCUT2D eigenvalue weighted by molar-refractivity contribution is -0.0900. The van der Waals surface area contributed by atoms with Crippen LogP contribution in [0.2, 0.25) is 0 Å². The Balaban J connectivity index is 2.76. The molecule has 0 radical (unpaired) electrons. The molecule has 0 atom stereocenters. The molecule has 1 aliphatic heterocycles. The highest BCUT2D eigenvalue weighted by molar-refractivity contribution is 7.93. The van der Waals surface area contributed by atoms with Gasteiger partial charge >= 0.3 is 5.12 Å². The molecule has 110 valence electrons. The summed E-state index contributed by atoms with van der Waals surface area (Å²) < 4.78 is 35.8.